The number of hydrogen-bond acceptors (Lipinski definition) is 6. The fourth-order valence-corrected chi connectivity index (χ4v) is 3.72. The van der Waals surface area contributed by atoms with E-state index in [1.54, 1.807) is 23.7 Å². The van der Waals surface area contributed by atoms with Gasteiger partial charge < -0.3 is 14.4 Å². The number of rotatable bonds is 4. The van der Waals surface area contributed by atoms with Crippen molar-refractivity contribution in [1.82, 2.24) is 29.3 Å². The van der Waals surface area contributed by atoms with Crippen molar-refractivity contribution in [1.29, 1.82) is 0 Å². The van der Waals surface area contributed by atoms with Gasteiger partial charge >= 0.3 is 6.18 Å². The van der Waals surface area contributed by atoms with Crippen LogP contribution in [0.15, 0.2) is 24.7 Å². The Kier molecular flexibility index (Phi) is 3.98. The van der Waals surface area contributed by atoms with Crippen LogP contribution in [0.25, 0.3) is 11.4 Å². The van der Waals surface area contributed by atoms with Gasteiger partial charge in [0, 0.05) is 18.1 Å². The molecule has 1 fully saturated rings. The minimum atomic E-state index is -4.85. The van der Waals surface area contributed by atoms with Gasteiger partial charge in [0.15, 0.2) is 5.82 Å². The molecular formula is C19H19F3N6O2. The maximum atomic E-state index is 13.4. The van der Waals surface area contributed by atoms with Gasteiger partial charge in [0.2, 0.25) is 17.4 Å². The van der Waals surface area contributed by atoms with Crippen molar-refractivity contribution < 1.29 is 23.0 Å². The summed E-state index contributed by atoms with van der Waals surface area (Å²) in [5, 5.41) is 14.6. The predicted octanol–water partition coefficient (Wildman–Crippen LogP) is 3.55. The number of alkyl halides is 3. The Balaban J connectivity index is 1.49. The first-order valence-corrected chi connectivity index (χ1v) is 9.60. The number of aliphatic hydroxyl groups is 1. The molecule has 0 unspecified atom stereocenters. The molecule has 30 heavy (non-hydrogen) atoms. The van der Waals surface area contributed by atoms with Crippen molar-refractivity contribution in [3.63, 3.8) is 0 Å². The third kappa shape index (κ3) is 2.95. The number of fused-ring (bicyclic) bond motifs is 3. The second-order valence-electron chi connectivity index (χ2n) is 7.96. The van der Waals surface area contributed by atoms with E-state index in [9.17, 15) is 18.3 Å². The van der Waals surface area contributed by atoms with E-state index in [0.717, 1.165) is 18.5 Å². The minimum absolute atomic E-state index is 0.274. The predicted molar refractivity (Wildman–Crippen MR) is 97.9 cm³/mol. The Labute approximate surface area is 169 Å². The summed E-state index contributed by atoms with van der Waals surface area (Å²) in [6.07, 6.45) is 0.107. The summed E-state index contributed by atoms with van der Waals surface area (Å²) >= 11 is 0. The maximum absolute atomic E-state index is 13.4. The van der Waals surface area contributed by atoms with E-state index >= 15 is 0 Å². The van der Waals surface area contributed by atoms with Crippen LogP contribution in [0.3, 0.4) is 0 Å². The Hall–Kier alpha value is -2.95. The summed E-state index contributed by atoms with van der Waals surface area (Å²) in [7, 11) is 0. The molecule has 3 aromatic heterocycles. The Morgan fingerprint density at radius 1 is 1.10 bits per heavy atom. The maximum Gasteiger partial charge on any atom is 0.424 e. The van der Waals surface area contributed by atoms with Gasteiger partial charge in [-0.25, -0.2) is 15.0 Å². The van der Waals surface area contributed by atoms with Crippen molar-refractivity contribution >= 4 is 0 Å². The molecule has 2 atom stereocenters. The summed E-state index contributed by atoms with van der Waals surface area (Å²) in [5.41, 5.74) is -1.16. The van der Waals surface area contributed by atoms with Gasteiger partial charge in [-0.2, -0.15) is 13.2 Å². The molecule has 0 aromatic carbocycles. The number of aromatic nitrogens is 6. The molecule has 158 valence electrons. The molecule has 1 aliphatic carbocycles. The summed E-state index contributed by atoms with van der Waals surface area (Å²) < 4.78 is 49.0. The first-order valence-electron chi connectivity index (χ1n) is 9.60. The number of ether oxygens (including phenoxy) is 1. The average molecular weight is 420 g/mol. The molecule has 0 amide bonds. The lowest BCUT2D eigenvalue weighted by Gasteiger charge is -2.31. The SMILES string of the molecule is C[C@H]1Cn2nc(Oc3cc(C4CC4)ncn3)cc2-c2cnc([C@@](C)(O)C(F)(F)F)n21. The van der Waals surface area contributed by atoms with Gasteiger partial charge in [-0.15, -0.1) is 5.10 Å². The molecule has 4 heterocycles. The van der Waals surface area contributed by atoms with Crippen LogP contribution in [0, 0.1) is 0 Å². The molecule has 2 aliphatic rings. The summed E-state index contributed by atoms with van der Waals surface area (Å²) in [4.78, 5) is 12.3. The molecule has 0 saturated heterocycles. The minimum Gasteiger partial charge on any atom is -0.419 e. The van der Waals surface area contributed by atoms with E-state index in [1.807, 2.05) is 0 Å². The van der Waals surface area contributed by atoms with Crippen molar-refractivity contribution in [3.05, 3.63) is 36.2 Å². The monoisotopic (exact) mass is 420 g/mol. The smallest absolute Gasteiger partial charge is 0.419 e. The fourth-order valence-electron chi connectivity index (χ4n) is 3.72. The van der Waals surface area contributed by atoms with E-state index in [2.05, 4.69) is 20.1 Å². The van der Waals surface area contributed by atoms with Crippen LogP contribution in [-0.2, 0) is 12.1 Å². The number of nitrogens with zero attached hydrogens (tertiary/aromatic N) is 6. The number of halogens is 3. The lowest BCUT2D eigenvalue weighted by molar-refractivity contribution is -0.262. The fraction of sp³-hybridized carbons (Fsp3) is 0.474. The van der Waals surface area contributed by atoms with Crippen LogP contribution in [0.4, 0.5) is 13.2 Å². The van der Waals surface area contributed by atoms with Crippen LogP contribution in [0.2, 0.25) is 0 Å². The van der Waals surface area contributed by atoms with E-state index in [0.29, 0.717) is 36.7 Å². The molecule has 1 N–H and O–H groups in total. The van der Waals surface area contributed by atoms with Crippen molar-refractivity contribution in [2.45, 2.75) is 57.0 Å². The Morgan fingerprint density at radius 3 is 2.57 bits per heavy atom. The molecule has 11 heteroatoms. The molecule has 5 rings (SSSR count). The summed E-state index contributed by atoms with van der Waals surface area (Å²) in [6.45, 7) is 2.76. The largest absolute Gasteiger partial charge is 0.424 e. The number of hydrogen-bond donors (Lipinski definition) is 1. The van der Waals surface area contributed by atoms with Crippen LogP contribution in [0.5, 0.6) is 11.8 Å². The van der Waals surface area contributed by atoms with Gasteiger partial charge in [-0.3, -0.25) is 4.68 Å². The second-order valence-corrected chi connectivity index (χ2v) is 7.96. The first kappa shape index (κ1) is 19.0. The second kappa shape index (κ2) is 6.27. The van der Waals surface area contributed by atoms with E-state index in [4.69, 9.17) is 4.74 Å². The third-order valence-electron chi connectivity index (χ3n) is 5.55. The van der Waals surface area contributed by atoms with Crippen molar-refractivity contribution in [2.75, 3.05) is 0 Å². The molecular weight excluding hydrogens is 401 g/mol. The molecule has 0 bridgehead atoms. The quantitative estimate of drug-likeness (QED) is 0.694. The highest BCUT2D eigenvalue weighted by Crippen LogP contribution is 2.43. The third-order valence-corrected chi connectivity index (χ3v) is 5.55. The molecule has 1 saturated carbocycles. The van der Waals surface area contributed by atoms with Gasteiger partial charge in [0.1, 0.15) is 6.33 Å². The zero-order valence-electron chi connectivity index (χ0n) is 16.3. The molecule has 1 aliphatic heterocycles. The zero-order chi connectivity index (χ0) is 21.3. The highest BCUT2D eigenvalue weighted by Gasteiger charge is 2.55. The zero-order valence-corrected chi connectivity index (χ0v) is 16.3. The lowest BCUT2D eigenvalue weighted by Crippen LogP contribution is -2.42. The standard InChI is InChI=1S/C19H19F3N6O2/c1-10-8-27-13(14-7-23-17(28(10)14)18(2,29)19(20,21)22)6-16(26-27)30-15-5-12(11-3-4-11)24-9-25-15/h5-7,9-11,29H,3-4,8H2,1-2H3/t10-,18+/m0/s1. The summed E-state index contributed by atoms with van der Waals surface area (Å²) in [5.74, 6) is 0.638. The van der Waals surface area contributed by atoms with Gasteiger partial charge in [0.05, 0.1) is 35.9 Å². The van der Waals surface area contributed by atoms with Crippen molar-refractivity contribution in [2.24, 2.45) is 0 Å². The highest BCUT2D eigenvalue weighted by atomic mass is 19.4. The molecule has 0 radical (unpaired) electrons. The van der Waals surface area contributed by atoms with Gasteiger partial charge in [-0.1, -0.05) is 0 Å². The topological polar surface area (TPSA) is 90.9 Å². The van der Waals surface area contributed by atoms with Crippen molar-refractivity contribution in [3.8, 4) is 23.1 Å². The molecule has 3 aromatic rings. The normalized spacial score (nSPS) is 20.4. The van der Waals surface area contributed by atoms with Crippen LogP contribution in [-0.4, -0.2) is 40.6 Å². The van der Waals surface area contributed by atoms with E-state index in [1.165, 1.54) is 17.1 Å². The summed E-state index contributed by atoms with van der Waals surface area (Å²) in [6, 6.07) is 3.01. The number of imidazole rings is 1. The van der Waals surface area contributed by atoms with Gasteiger partial charge in [0.25, 0.3) is 0 Å². The lowest BCUT2D eigenvalue weighted by atomic mass is 10.0. The van der Waals surface area contributed by atoms with E-state index in [-0.39, 0.29) is 5.88 Å². The highest BCUT2D eigenvalue weighted by molar-refractivity contribution is 5.58. The van der Waals surface area contributed by atoms with E-state index < -0.39 is 23.6 Å². The molecule has 8 nitrogen and oxygen atoms in total. The molecule has 0 spiro atoms. The Bertz CT molecular complexity index is 1120. The van der Waals surface area contributed by atoms with Crippen LogP contribution < -0.4 is 4.74 Å². The van der Waals surface area contributed by atoms with Crippen LogP contribution >= 0.6 is 0 Å². The van der Waals surface area contributed by atoms with Gasteiger partial charge in [-0.05, 0) is 26.7 Å². The first-order chi connectivity index (χ1) is 14.1. The average Bonchev–Trinajstić information content (AvgIpc) is 3.29. The van der Waals surface area contributed by atoms with Crippen LogP contribution in [0.1, 0.15) is 50.2 Å². The Morgan fingerprint density at radius 2 is 1.87 bits per heavy atom.